The molecule has 4 nitrogen and oxygen atoms in total. The predicted octanol–water partition coefficient (Wildman–Crippen LogP) is 1.57. The molecule has 1 aliphatic carbocycles. The van der Waals surface area contributed by atoms with Gasteiger partial charge in [-0.3, -0.25) is 4.79 Å². The second-order valence-electron chi connectivity index (χ2n) is 6.23. The first kappa shape index (κ1) is 14.7. The van der Waals surface area contributed by atoms with Crippen molar-refractivity contribution < 1.29 is 9.53 Å². The summed E-state index contributed by atoms with van der Waals surface area (Å²) < 4.78 is 5.46. The zero-order valence-corrected chi connectivity index (χ0v) is 12.7. The number of hydrogen-bond donors (Lipinski definition) is 1. The Morgan fingerprint density at radius 1 is 1.53 bits per heavy atom. The second kappa shape index (κ2) is 5.75. The Morgan fingerprint density at radius 3 is 2.68 bits per heavy atom. The number of carbonyl (C=O) groups is 1. The van der Waals surface area contributed by atoms with Gasteiger partial charge in [0.1, 0.15) is 0 Å². The van der Waals surface area contributed by atoms with Gasteiger partial charge in [0.15, 0.2) is 0 Å². The number of hydrogen-bond acceptors (Lipinski definition) is 3. The molecule has 1 aliphatic heterocycles. The van der Waals surface area contributed by atoms with Crippen molar-refractivity contribution in [2.45, 2.75) is 32.6 Å². The van der Waals surface area contributed by atoms with E-state index in [9.17, 15) is 4.79 Å². The summed E-state index contributed by atoms with van der Waals surface area (Å²) in [6.45, 7) is 4.49. The number of thiocarbonyl (C=S) groups is 1. The Morgan fingerprint density at radius 2 is 2.21 bits per heavy atom. The maximum atomic E-state index is 12.6. The van der Waals surface area contributed by atoms with Crippen LogP contribution in [-0.4, -0.2) is 42.6 Å². The molecule has 0 aromatic rings. The van der Waals surface area contributed by atoms with Crippen LogP contribution in [0.5, 0.6) is 0 Å². The summed E-state index contributed by atoms with van der Waals surface area (Å²) in [6.07, 6.45) is 3.82. The fraction of sp³-hybridized carbons (Fsp3) is 0.857. The molecule has 108 valence electrons. The summed E-state index contributed by atoms with van der Waals surface area (Å²) >= 11 is 5.14. The number of nitrogens with two attached hydrogens (primary N) is 1. The van der Waals surface area contributed by atoms with E-state index in [-0.39, 0.29) is 5.91 Å². The van der Waals surface area contributed by atoms with Gasteiger partial charge in [0.25, 0.3) is 0 Å². The third-order valence-corrected chi connectivity index (χ3v) is 4.80. The minimum atomic E-state index is -0.570. The van der Waals surface area contributed by atoms with E-state index < -0.39 is 5.41 Å². The van der Waals surface area contributed by atoms with Crippen molar-refractivity contribution >= 4 is 23.1 Å². The standard InChI is InChI=1S/C14H24N2O2S/c1-10-6-14(7-10,12(15)19)13(17)16(2)8-11-4-3-5-18-9-11/h10-11H,3-9H2,1-2H3,(H2,15,19). The van der Waals surface area contributed by atoms with Crippen LogP contribution in [0.2, 0.25) is 0 Å². The van der Waals surface area contributed by atoms with E-state index in [4.69, 9.17) is 22.7 Å². The van der Waals surface area contributed by atoms with E-state index in [1.807, 2.05) is 11.9 Å². The summed E-state index contributed by atoms with van der Waals surface area (Å²) in [7, 11) is 1.86. The molecule has 2 N–H and O–H groups in total. The van der Waals surface area contributed by atoms with Crippen LogP contribution < -0.4 is 5.73 Å². The largest absolute Gasteiger partial charge is 0.392 e. The lowest BCUT2D eigenvalue weighted by molar-refractivity contribution is -0.143. The second-order valence-corrected chi connectivity index (χ2v) is 6.67. The van der Waals surface area contributed by atoms with Gasteiger partial charge in [-0.2, -0.15) is 0 Å². The molecule has 1 atom stereocenters. The van der Waals surface area contributed by atoms with Crippen LogP contribution in [0.1, 0.15) is 32.6 Å². The normalized spacial score (nSPS) is 34.4. The third-order valence-electron chi connectivity index (χ3n) is 4.41. The lowest BCUT2D eigenvalue weighted by atomic mass is 9.61. The van der Waals surface area contributed by atoms with Gasteiger partial charge >= 0.3 is 0 Å². The minimum absolute atomic E-state index is 0.101. The van der Waals surface area contributed by atoms with E-state index in [0.29, 0.717) is 16.8 Å². The van der Waals surface area contributed by atoms with Gasteiger partial charge in [0.05, 0.1) is 17.0 Å². The fourth-order valence-corrected chi connectivity index (χ4v) is 3.65. The molecule has 19 heavy (non-hydrogen) atoms. The van der Waals surface area contributed by atoms with E-state index >= 15 is 0 Å². The Labute approximate surface area is 120 Å². The van der Waals surface area contributed by atoms with Crippen molar-refractivity contribution in [3.63, 3.8) is 0 Å². The minimum Gasteiger partial charge on any atom is -0.392 e. The quantitative estimate of drug-likeness (QED) is 0.796. The summed E-state index contributed by atoms with van der Waals surface area (Å²) in [4.78, 5) is 14.8. The van der Waals surface area contributed by atoms with Gasteiger partial charge in [0.2, 0.25) is 5.91 Å². The number of carbonyl (C=O) groups excluding carboxylic acids is 1. The molecule has 1 heterocycles. The Kier molecular flexibility index (Phi) is 4.46. The van der Waals surface area contributed by atoms with Crippen molar-refractivity contribution in [2.75, 3.05) is 26.8 Å². The molecule has 1 amide bonds. The van der Waals surface area contributed by atoms with Gasteiger partial charge < -0.3 is 15.4 Å². The molecule has 0 radical (unpaired) electrons. The summed E-state index contributed by atoms with van der Waals surface area (Å²) in [5.74, 6) is 1.09. The van der Waals surface area contributed by atoms with E-state index in [0.717, 1.165) is 45.4 Å². The molecule has 2 fully saturated rings. The predicted molar refractivity (Wildman–Crippen MR) is 78.8 cm³/mol. The fourth-order valence-electron chi connectivity index (χ4n) is 3.40. The van der Waals surface area contributed by atoms with Crippen molar-refractivity contribution in [2.24, 2.45) is 23.0 Å². The molecule has 2 rings (SSSR count). The van der Waals surface area contributed by atoms with Gasteiger partial charge in [-0.25, -0.2) is 0 Å². The zero-order chi connectivity index (χ0) is 14.0. The molecule has 5 heteroatoms. The van der Waals surface area contributed by atoms with Crippen LogP contribution in [0.3, 0.4) is 0 Å². The average molecular weight is 284 g/mol. The van der Waals surface area contributed by atoms with Crippen LogP contribution >= 0.6 is 12.2 Å². The molecule has 1 unspecified atom stereocenters. The first-order valence-electron chi connectivity index (χ1n) is 7.09. The van der Waals surface area contributed by atoms with Crippen molar-refractivity contribution in [1.82, 2.24) is 4.90 Å². The molecular weight excluding hydrogens is 260 g/mol. The smallest absolute Gasteiger partial charge is 0.235 e. The van der Waals surface area contributed by atoms with Gasteiger partial charge in [-0.05, 0) is 37.5 Å². The molecule has 1 saturated heterocycles. The van der Waals surface area contributed by atoms with Gasteiger partial charge in [0, 0.05) is 20.2 Å². The summed E-state index contributed by atoms with van der Waals surface area (Å²) in [5, 5.41) is 0. The van der Waals surface area contributed by atoms with Crippen LogP contribution in [0.4, 0.5) is 0 Å². The van der Waals surface area contributed by atoms with Gasteiger partial charge in [-0.1, -0.05) is 19.1 Å². The first-order valence-corrected chi connectivity index (χ1v) is 7.50. The monoisotopic (exact) mass is 284 g/mol. The highest BCUT2D eigenvalue weighted by Crippen LogP contribution is 2.47. The molecule has 2 aliphatic rings. The lowest BCUT2D eigenvalue weighted by Crippen LogP contribution is -2.57. The van der Waals surface area contributed by atoms with Gasteiger partial charge in [-0.15, -0.1) is 0 Å². The number of nitrogens with zero attached hydrogens (tertiary/aromatic N) is 1. The Balaban J connectivity index is 1.95. The van der Waals surface area contributed by atoms with E-state index in [1.165, 1.54) is 0 Å². The molecule has 1 saturated carbocycles. The maximum absolute atomic E-state index is 12.6. The topological polar surface area (TPSA) is 55.6 Å². The van der Waals surface area contributed by atoms with Crippen LogP contribution in [0.15, 0.2) is 0 Å². The zero-order valence-electron chi connectivity index (χ0n) is 11.9. The Bertz CT molecular complexity index is 360. The first-order chi connectivity index (χ1) is 8.95. The highest BCUT2D eigenvalue weighted by atomic mass is 32.1. The SMILES string of the molecule is CC1CC(C(=O)N(C)CC2CCCOC2)(C(N)=S)C1. The average Bonchev–Trinajstić information content (AvgIpc) is 2.34. The molecule has 0 aromatic carbocycles. The van der Waals surface area contributed by atoms with Crippen molar-refractivity contribution in [3.05, 3.63) is 0 Å². The van der Waals surface area contributed by atoms with E-state index in [1.54, 1.807) is 0 Å². The van der Waals surface area contributed by atoms with Crippen LogP contribution in [0.25, 0.3) is 0 Å². The number of ether oxygens (including phenoxy) is 1. The maximum Gasteiger partial charge on any atom is 0.235 e. The van der Waals surface area contributed by atoms with Crippen molar-refractivity contribution in [3.8, 4) is 0 Å². The molecule has 0 aromatic heterocycles. The van der Waals surface area contributed by atoms with Crippen molar-refractivity contribution in [1.29, 1.82) is 0 Å². The van der Waals surface area contributed by atoms with Crippen LogP contribution in [0, 0.1) is 17.3 Å². The molecular formula is C14H24N2O2S. The lowest BCUT2D eigenvalue weighted by Gasteiger charge is -2.46. The number of rotatable bonds is 4. The summed E-state index contributed by atoms with van der Waals surface area (Å²) in [6, 6.07) is 0. The third kappa shape index (κ3) is 2.92. The molecule has 0 spiro atoms. The highest BCUT2D eigenvalue weighted by molar-refractivity contribution is 7.80. The van der Waals surface area contributed by atoms with Crippen LogP contribution in [-0.2, 0) is 9.53 Å². The highest BCUT2D eigenvalue weighted by Gasteiger charge is 2.52. The summed E-state index contributed by atoms with van der Waals surface area (Å²) in [5.41, 5.74) is 5.26. The molecule has 0 bridgehead atoms. The Hall–Kier alpha value is -0.680. The number of amides is 1. The van der Waals surface area contributed by atoms with E-state index in [2.05, 4.69) is 6.92 Å².